The Balaban J connectivity index is 2.73. The van der Waals surface area contributed by atoms with E-state index in [2.05, 4.69) is 34.7 Å². The molecule has 1 saturated heterocycles. The second-order valence-electron chi connectivity index (χ2n) is 4.45. The molecule has 0 aromatic rings. The number of hydrogen-bond donors (Lipinski definition) is 0. The molecule has 0 amide bonds. The van der Waals surface area contributed by atoms with Gasteiger partial charge in [-0.2, -0.15) is 0 Å². The van der Waals surface area contributed by atoms with Gasteiger partial charge in [0.1, 0.15) is 0 Å². The molecule has 0 saturated carbocycles. The lowest BCUT2D eigenvalue weighted by Gasteiger charge is -2.60. The fourth-order valence-electron chi connectivity index (χ4n) is 2.36. The number of quaternary nitrogens is 1. The van der Waals surface area contributed by atoms with Crippen molar-refractivity contribution in [3.63, 3.8) is 0 Å². The minimum atomic E-state index is 0.536. The van der Waals surface area contributed by atoms with Gasteiger partial charge in [-0.25, -0.2) is 0 Å². The molecule has 10 heavy (non-hydrogen) atoms. The predicted molar refractivity (Wildman–Crippen MR) is 44.9 cm³/mol. The molecule has 1 heteroatoms. The van der Waals surface area contributed by atoms with Gasteiger partial charge in [0.15, 0.2) is 0 Å². The zero-order chi connectivity index (χ0) is 7.99. The third-order valence-electron chi connectivity index (χ3n) is 3.81. The highest BCUT2D eigenvalue weighted by Crippen LogP contribution is 2.42. The van der Waals surface area contributed by atoms with Crippen molar-refractivity contribution in [2.75, 3.05) is 13.6 Å². The van der Waals surface area contributed by atoms with Crippen LogP contribution >= 0.6 is 0 Å². The van der Waals surface area contributed by atoms with E-state index >= 15 is 0 Å². The molecule has 1 aliphatic heterocycles. The largest absolute Gasteiger partial charge is 0.319 e. The first-order chi connectivity index (χ1) is 4.44. The lowest BCUT2D eigenvalue weighted by Crippen LogP contribution is -2.73. The van der Waals surface area contributed by atoms with Gasteiger partial charge in [-0.15, -0.1) is 0 Å². The first kappa shape index (κ1) is 8.06. The highest BCUT2D eigenvalue weighted by Gasteiger charge is 2.54. The zero-order valence-corrected chi connectivity index (χ0v) is 7.94. The van der Waals surface area contributed by atoms with Crippen LogP contribution in [-0.2, 0) is 0 Å². The molecule has 1 fully saturated rings. The maximum atomic E-state index is 2.37. The molecular weight excluding hydrogens is 122 g/mol. The lowest BCUT2D eigenvalue weighted by atomic mass is 9.79. The maximum absolute atomic E-state index is 2.37. The second kappa shape index (κ2) is 1.97. The third kappa shape index (κ3) is 0.731. The van der Waals surface area contributed by atoms with E-state index in [1.165, 1.54) is 17.4 Å². The van der Waals surface area contributed by atoms with Gasteiger partial charge in [-0.1, -0.05) is 0 Å². The van der Waals surface area contributed by atoms with Crippen LogP contribution in [0.15, 0.2) is 0 Å². The van der Waals surface area contributed by atoms with Crippen molar-refractivity contribution in [3.8, 4) is 0 Å². The first-order valence-corrected chi connectivity index (χ1v) is 4.29. The first-order valence-electron chi connectivity index (χ1n) is 4.29. The molecule has 1 heterocycles. The van der Waals surface area contributed by atoms with Crippen LogP contribution in [0.1, 0.15) is 34.1 Å². The molecule has 1 rings (SSSR count). The van der Waals surface area contributed by atoms with Gasteiger partial charge in [0.05, 0.1) is 31.6 Å². The monoisotopic (exact) mass is 142 g/mol. The summed E-state index contributed by atoms with van der Waals surface area (Å²) in [4.78, 5) is 0. The molecule has 1 aliphatic rings. The van der Waals surface area contributed by atoms with Crippen molar-refractivity contribution in [2.45, 2.75) is 45.7 Å². The summed E-state index contributed by atoms with van der Waals surface area (Å²) in [6.45, 7) is 10.7. The molecule has 2 atom stereocenters. The molecule has 0 bridgehead atoms. The molecule has 0 spiro atoms. The number of rotatable bonds is 1. The van der Waals surface area contributed by atoms with Crippen LogP contribution in [0.4, 0.5) is 0 Å². The third-order valence-corrected chi connectivity index (χ3v) is 3.81. The molecule has 2 unspecified atom stereocenters. The van der Waals surface area contributed by atoms with Gasteiger partial charge in [-0.05, 0) is 27.7 Å². The summed E-state index contributed by atoms with van der Waals surface area (Å²) in [5.74, 6) is 0. The molecule has 0 N–H and O–H groups in total. The van der Waals surface area contributed by atoms with Crippen LogP contribution in [-0.4, -0.2) is 29.7 Å². The SMILES string of the molecule is CC[N+]1(C)C(C)CC1(C)C. The van der Waals surface area contributed by atoms with Gasteiger partial charge < -0.3 is 4.48 Å². The lowest BCUT2D eigenvalue weighted by molar-refractivity contribution is -1.02. The van der Waals surface area contributed by atoms with E-state index in [0.29, 0.717) is 5.54 Å². The van der Waals surface area contributed by atoms with Crippen LogP contribution < -0.4 is 0 Å². The van der Waals surface area contributed by atoms with E-state index in [-0.39, 0.29) is 0 Å². The highest BCUT2D eigenvalue weighted by molar-refractivity contribution is 4.84. The van der Waals surface area contributed by atoms with Crippen molar-refractivity contribution in [1.29, 1.82) is 0 Å². The van der Waals surface area contributed by atoms with E-state index in [1.807, 2.05) is 0 Å². The van der Waals surface area contributed by atoms with Gasteiger partial charge in [0.2, 0.25) is 0 Å². The molecule has 0 aromatic heterocycles. The van der Waals surface area contributed by atoms with Crippen LogP contribution in [0.25, 0.3) is 0 Å². The fourth-order valence-corrected chi connectivity index (χ4v) is 2.36. The minimum absolute atomic E-state index is 0.536. The quantitative estimate of drug-likeness (QED) is 0.491. The van der Waals surface area contributed by atoms with Crippen molar-refractivity contribution in [2.24, 2.45) is 0 Å². The number of nitrogens with zero attached hydrogens (tertiary/aromatic N) is 1. The van der Waals surface area contributed by atoms with Crippen molar-refractivity contribution >= 4 is 0 Å². The summed E-state index contributed by atoms with van der Waals surface area (Å²) >= 11 is 0. The summed E-state index contributed by atoms with van der Waals surface area (Å²) < 4.78 is 1.26. The van der Waals surface area contributed by atoms with Crippen molar-refractivity contribution in [3.05, 3.63) is 0 Å². The molecule has 0 aliphatic carbocycles. The summed E-state index contributed by atoms with van der Waals surface area (Å²) in [5, 5.41) is 0. The summed E-state index contributed by atoms with van der Waals surface area (Å²) in [5.41, 5.74) is 0.536. The average molecular weight is 142 g/mol. The Morgan fingerprint density at radius 3 is 2.10 bits per heavy atom. The standard InChI is InChI=1S/C9H20N/c1-6-10(5)8(2)7-9(10,3)4/h8H,6-7H2,1-5H3/q+1. The smallest absolute Gasteiger partial charge is 0.0992 e. The molecule has 0 radical (unpaired) electrons. The van der Waals surface area contributed by atoms with Gasteiger partial charge in [0, 0.05) is 0 Å². The normalized spacial score (nSPS) is 44.7. The number of likely N-dealkylation sites (tertiary alicyclic amines) is 1. The zero-order valence-electron chi connectivity index (χ0n) is 7.94. The van der Waals surface area contributed by atoms with E-state index in [4.69, 9.17) is 0 Å². The Kier molecular flexibility index (Phi) is 1.59. The summed E-state index contributed by atoms with van der Waals surface area (Å²) in [6, 6.07) is 0.875. The fraction of sp³-hybridized carbons (Fsp3) is 1.00. The Hall–Kier alpha value is -0.0400. The second-order valence-corrected chi connectivity index (χ2v) is 4.45. The van der Waals surface area contributed by atoms with Crippen LogP contribution in [0.2, 0.25) is 0 Å². The molecule has 1 nitrogen and oxygen atoms in total. The molecular formula is C9H20N+. The predicted octanol–water partition coefficient (Wildman–Crippen LogP) is 2.02. The van der Waals surface area contributed by atoms with E-state index in [0.717, 1.165) is 6.04 Å². The Labute approximate surface area is 64.6 Å². The van der Waals surface area contributed by atoms with Crippen LogP contribution in [0.5, 0.6) is 0 Å². The van der Waals surface area contributed by atoms with E-state index < -0.39 is 0 Å². The van der Waals surface area contributed by atoms with Crippen molar-refractivity contribution in [1.82, 2.24) is 0 Å². The van der Waals surface area contributed by atoms with Crippen LogP contribution in [0.3, 0.4) is 0 Å². The van der Waals surface area contributed by atoms with Crippen molar-refractivity contribution < 1.29 is 4.48 Å². The van der Waals surface area contributed by atoms with Crippen LogP contribution in [0, 0.1) is 0 Å². The summed E-state index contributed by atoms with van der Waals surface area (Å²) in [6.07, 6.45) is 1.39. The highest BCUT2D eigenvalue weighted by atomic mass is 15.4. The maximum Gasteiger partial charge on any atom is 0.0992 e. The number of hydrogen-bond acceptors (Lipinski definition) is 0. The Morgan fingerprint density at radius 2 is 2.00 bits per heavy atom. The Bertz CT molecular complexity index is 140. The van der Waals surface area contributed by atoms with E-state index in [1.54, 1.807) is 0 Å². The topological polar surface area (TPSA) is 0 Å². The van der Waals surface area contributed by atoms with E-state index in [9.17, 15) is 0 Å². The molecule has 0 aromatic carbocycles. The van der Waals surface area contributed by atoms with Gasteiger partial charge >= 0.3 is 0 Å². The molecule has 60 valence electrons. The Morgan fingerprint density at radius 1 is 1.50 bits per heavy atom. The minimum Gasteiger partial charge on any atom is -0.319 e. The van der Waals surface area contributed by atoms with Gasteiger partial charge in [-0.3, -0.25) is 0 Å². The average Bonchev–Trinajstić information content (AvgIpc) is 1.85. The summed E-state index contributed by atoms with van der Waals surface area (Å²) in [7, 11) is 2.37. The van der Waals surface area contributed by atoms with Gasteiger partial charge in [0.25, 0.3) is 0 Å².